The summed E-state index contributed by atoms with van der Waals surface area (Å²) in [4.78, 5) is 0. The van der Waals surface area contributed by atoms with Crippen molar-refractivity contribution in [2.45, 2.75) is 64.7 Å². The van der Waals surface area contributed by atoms with Gasteiger partial charge in [0.1, 0.15) is 0 Å². The molecule has 0 unspecified atom stereocenters. The van der Waals surface area contributed by atoms with Crippen molar-refractivity contribution < 1.29 is 0 Å². The Hall–Kier alpha value is -2.02. The molecule has 0 amide bonds. The van der Waals surface area contributed by atoms with Gasteiger partial charge < -0.3 is 5.73 Å². The van der Waals surface area contributed by atoms with Crippen LogP contribution in [0, 0.1) is 0 Å². The van der Waals surface area contributed by atoms with Crippen LogP contribution in [0.4, 0.5) is 5.69 Å². The number of benzene rings is 3. The Kier molecular flexibility index (Phi) is 6.33. The van der Waals surface area contributed by atoms with Crippen LogP contribution in [-0.4, -0.2) is 0 Å². The molecule has 132 valence electrons. The summed E-state index contributed by atoms with van der Waals surface area (Å²) in [6, 6.07) is 17.4. The predicted octanol–water partition coefficient (Wildman–Crippen LogP) is 7.26. The van der Waals surface area contributed by atoms with E-state index in [2.05, 4.69) is 49.4 Å². The number of fused-ring (bicyclic) bond motifs is 2. The second-order valence-electron chi connectivity index (χ2n) is 7.28. The Morgan fingerprint density at radius 1 is 0.680 bits per heavy atom. The van der Waals surface area contributed by atoms with Crippen LogP contribution >= 0.6 is 0 Å². The SMILES string of the molecule is CCCCCCCCCCc1c2ccccc2cc2cc(N)ccc12. The summed E-state index contributed by atoms with van der Waals surface area (Å²) < 4.78 is 0. The maximum atomic E-state index is 6.01. The minimum atomic E-state index is 0.848. The van der Waals surface area contributed by atoms with Gasteiger partial charge in [0.15, 0.2) is 0 Å². The number of unbranched alkanes of at least 4 members (excludes halogenated alkanes) is 7. The monoisotopic (exact) mass is 333 g/mol. The van der Waals surface area contributed by atoms with Crippen LogP contribution in [0.3, 0.4) is 0 Å². The van der Waals surface area contributed by atoms with Crippen LogP contribution < -0.4 is 5.73 Å². The zero-order valence-corrected chi connectivity index (χ0v) is 15.6. The lowest BCUT2D eigenvalue weighted by atomic mass is 9.93. The van der Waals surface area contributed by atoms with Gasteiger partial charge in [0.25, 0.3) is 0 Å². The third-order valence-corrected chi connectivity index (χ3v) is 5.28. The quantitative estimate of drug-likeness (QED) is 0.249. The number of anilines is 1. The first kappa shape index (κ1) is 17.8. The van der Waals surface area contributed by atoms with Gasteiger partial charge in [0.05, 0.1) is 0 Å². The molecule has 2 N–H and O–H groups in total. The van der Waals surface area contributed by atoms with Gasteiger partial charge in [0.2, 0.25) is 0 Å². The molecule has 0 aliphatic rings. The van der Waals surface area contributed by atoms with Crippen LogP contribution in [0.25, 0.3) is 21.5 Å². The molecule has 3 aromatic carbocycles. The van der Waals surface area contributed by atoms with E-state index in [9.17, 15) is 0 Å². The third-order valence-electron chi connectivity index (χ3n) is 5.28. The highest BCUT2D eigenvalue weighted by molar-refractivity contribution is 6.03. The van der Waals surface area contributed by atoms with Crippen molar-refractivity contribution in [2.24, 2.45) is 0 Å². The zero-order chi connectivity index (χ0) is 17.5. The Labute approximate surface area is 152 Å². The third kappa shape index (κ3) is 4.54. The Balaban J connectivity index is 1.70. The van der Waals surface area contributed by atoms with Crippen LogP contribution in [0.1, 0.15) is 63.9 Å². The van der Waals surface area contributed by atoms with E-state index in [-0.39, 0.29) is 0 Å². The summed E-state index contributed by atoms with van der Waals surface area (Å²) in [6.45, 7) is 2.28. The smallest absolute Gasteiger partial charge is 0.0320 e. The van der Waals surface area contributed by atoms with Crippen molar-refractivity contribution in [3.63, 3.8) is 0 Å². The van der Waals surface area contributed by atoms with Crippen molar-refractivity contribution in [1.82, 2.24) is 0 Å². The van der Waals surface area contributed by atoms with Gasteiger partial charge >= 0.3 is 0 Å². The normalized spacial score (nSPS) is 11.4. The molecule has 0 spiro atoms. The Morgan fingerprint density at radius 3 is 2.16 bits per heavy atom. The summed E-state index contributed by atoms with van der Waals surface area (Å²) in [6.07, 6.45) is 12.1. The minimum absolute atomic E-state index is 0.848. The van der Waals surface area contributed by atoms with E-state index in [1.165, 1.54) is 78.5 Å². The topological polar surface area (TPSA) is 26.0 Å². The zero-order valence-electron chi connectivity index (χ0n) is 15.6. The van der Waals surface area contributed by atoms with E-state index in [0.717, 1.165) is 12.1 Å². The van der Waals surface area contributed by atoms with Gasteiger partial charge in [-0.15, -0.1) is 0 Å². The van der Waals surface area contributed by atoms with E-state index >= 15 is 0 Å². The molecule has 3 rings (SSSR count). The lowest BCUT2D eigenvalue weighted by molar-refractivity contribution is 0.576. The van der Waals surface area contributed by atoms with E-state index in [0.29, 0.717) is 0 Å². The molecule has 0 aliphatic carbocycles. The molecular formula is C24H31N. The molecule has 0 aromatic heterocycles. The van der Waals surface area contributed by atoms with Gasteiger partial charge in [-0.3, -0.25) is 0 Å². The first-order valence-corrected chi connectivity index (χ1v) is 9.99. The number of aryl methyl sites for hydroxylation is 1. The second-order valence-corrected chi connectivity index (χ2v) is 7.28. The average Bonchev–Trinajstić information content (AvgIpc) is 2.63. The van der Waals surface area contributed by atoms with Crippen molar-refractivity contribution in [3.05, 3.63) is 54.1 Å². The summed E-state index contributed by atoms with van der Waals surface area (Å²) >= 11 is 0. The average molecular weight is 334 g/mol. The molecule has 0 bridgehead atoms. The summed E-state index contributed by atoms with van der Waals surface area (Å²) in [5, 5.41) is 5.38. The molecule has 0 radical (unpaired) electrons. The molecule has 0 heterocycles. The van der Waals surface area contributed by atoms with Gasteiger partial charge in [-0.25, -0.2) is 0 Å². The second kappa shape index (κ2) is 8.89. The Morgan fingerprint density at radius 2 is 1.36 bits per heavy atom. The van der Waals surface area contributed by atoms with E-state index in [4.69, 9.17) is 5.73 Å². The highest BCUT2D eigenvalue weighted by Gasteiger charge is 2.07. The number of hydrogen-bond acceptors (Lipinski definition) is 1. The fourth-order valence-corrected chi connectivity index (χ4v) is 3.89. The molecular weight excluding hydrogens is 302 g/mol. The number of nitrogen functional groups attached to an aromatic ring is 1. The van der Waals surface area contributed by atoms with E-state index < -0.39 is 0 Å². The van der Waals surface area contributed by atoms with Crippen molar-refractivity contribution in [3.8, 4) is 0 Å². The molecule has 0 atom stereocenters. The van der Waals surface area contributed by atoms with Gasteiger partial charge in [-0.1, -0.05) is 82.2 Å². The lowest BCUT2D eigenvalue weighted by Gasteiger charge is -2.12. The molecule has 1 nitrogen and oxygen atoms in total. The van der Waals surface area contributed by atoms with Crippen LogP contribution in [0.5, 0.6) is 0 Å². The van der Waals surface area contributed by atoms with Crippen molar-refractivity contribution in [1.29, 1.82) is 0 Å². The molecule has 0 saturated heterocycles. The summed E-state index contributed by atoms with van der Waals surface area (Å²) in [5.41, 5.74) is 8.35. The van der Waals surface area contributed by atoms with Crippen LogP contribution in [0.2, 0.25) is 0 Å². The maximum Gasteiger partial charge on any atom is 0.0320 e. The summed E-state index contributed by atoms with van der Waals surface area (Å²) in [7, 11) is 0. The predicted molar refractivity (Wildman–Crippen MR) is 112 cm³/mol. The molecule has 25 heavy (non-hydrogen) atoms. The van der Waals surface area contributed by atoms with Crippen molar-refractivity contribution >= 4 is 27.2 Å². The maximum absolute atomic E-state index is 6.01. The van der Waals surface area contributed by atoms with Crippen molar-refractivity contribution in [2.75, 3.05) is 5.73 Å². The fourth-order valence-electron chi connectivity index (χ4n) is 3.89. The number of rotatable bonds is 9. The van der Waals surface area contributed by atoms with Gasteiger partial charge in [-0.2, -0.15) is 0 Å². The largest absolute Gasteiger partial charge is 0.399 e. The number of hydrogen-bond donors (Lipinski definition) is 1. The molecule has 1 heteroatoms. The first-order chi connectivity index (χ1) is 12.3. The van der Waals surface area contributed by atoms with E-state index in [1.54, 1.807) is 0 Å². The number of nitrogens with two attached hydrogens (primary N) is 1. The highest BCUT2D eigenvalue weighted by Crippen LogP contribution is 2.31. The van der Waals surface area contributed by atoms with E-state index in [1.807, 2.05) is 6.07 Å². The first-order valence-electron chi connectivity index (χ1n) is 9.99. The Bertz CT molecular complexity index is 819. The van der Waals surface area contributed by atoms with Gasteiger partial charge in [0, 0.05) is 5.69 Å². The fraction of sp³-hybridized carbons (Fsp3) is 0.417. The molecule has 0 aliphatic heterocycles. The minimum Gasteiger partial charge on any atom is -0.399 e. The van der Waals surface area contributed by atoms with Crippen LogP contribution in [0.15, 0.2) is 48.5 Å². The van der Waals surface area contributed by atoms with Crippen LogP contribution in [-0.2, 0) is 6.42 Å². The summed E-state index contributed by atoms with van der Waals surface area (Å²) in [5.74, 6) is 0. The molecule has 0 saturated carbocycles. The highest BCUT2D eigenvalue weighted by atomic mass is 14.5. The molecule has 3 aromatic rings. The molecule has 0 fully saturated rings. The standard InChI is InChI=1S/C24H31N/c1-2-3-4-5-6-7-8-9-14-24-22-13-11-10-12-19(22)17-20-18-21(25)15-16-23(20)24/h10-13,15-18H,2-9,14,25H2,1H3. The lowest BCUT2D eigenvalue weighted by Crippen LogP contribution is -1.93. The van der Waals surface area contributed by atoms with Gasteiger partial charge in [-0.05, 0) is 58.1 Å².